The Kier molecular flexibility index (Phi) is 3.62. The zero-order chi connectivity index (χ0) is 12.4. The lowest BCUT2D eigenvalue weighted by atomic mass is 9.98. The molecule has 2 nitrogen and oxygen atoms in total. The van der Waals surface area contributed by atoms with Crippen LogP contribution in [0.3, 0.4) is 0 Å². The van der Waals surface area contributed by atoms with E-state index in [1.165, 1.54) is 12.1 Å². The van der Waals surface area contributed by atoms with Crippen LogP contribution >= 0.6 is 0 Å². The van der Waals surface area contributed by atoms with Gasteiger partial charge in [-0.2, -0.15) is 0 Å². The van der Waals surface area contributed by atoms with Crippen LogP contribution in [0.15, 0.2) is 18.2 Å². The summed E-state index contributed by atoms with van der Waals surface area (Å²) in [4.78, 5) is 2.07. The van der Waals surface area contributed by atoms with Crippen molar-refractivity contribution in [3.8, 4) is 0 Å². The quantitative estimate of drug-likeness (QED) is 0.854. The maximum Gasteiger partial charge on any atom is 0.128 e. The topological polar surface area (TPSA) is 15.3 Å². The van der Waals surface area contributed by atoms with Crippen LogP contribution in [-0.2, 0) is 0 Å². The molecule has 2 atom stereocenters. The number of piperidine rings is 1. The van der Waals surface area contributed by atoms with Crippen molar-refractivity contribution in [3.05, 3.63) is 29.8 Å². The van der Waals surface area contributed by atoms with E-state index in [2.05, 4.69) is 17.1 Å². The molecule has 0 saturated carbocycles. The van der Waals surface area contributed by atoms with Gasteiger partial charge in [-0.25, -0.2) is 8.78 Å². The monoisotopic (exact) mass is 240 g/mol. The number of halogens is 2. The molecule has 0 spiro atoms. The van der Waals surface area contributed by atoms with Crippen molar-refractivity contribution >= 4 is 5.69 Å². The van der Waals surface area contributed by atoms with E-state index in [1.807, 2.05) is 7.05 Å². The van der Waals surface area contributed by atoms with Gasteiger partial charge >= 0.3 is 0 Å². The molecular weight excluding hydrogens is 222 g/mol. The van der Waals surface area contributed by atoms with Crippen LogP contribution in [-0.4, -0.2) is 25.7 Å². The van der Waals surface area contributed by atoms with E-state index >= 15 is 0 Å². The average Bonchev–Trinajstić information content (AvgIpc) is 2.27. The third-order valence-electron chi connectivity index (χ3n) is 3.46. The highest BCUT2D eigenvalue weighted by Crippen LogP contribution is 2.26. The molecule has 0 radical (unpaired) electrons. The third-order valence-corrected chi connectivity index (χ3v) is 3.46. The smallest absolute Gasteiger partial charge is 0.128 e. The van der Waals surface area contributed by atoms with E-state index in [1.54, 1.807) is 0 Å². The molecule has 0 bridgehead atoms. The van der Waals surface area contributed by atoms with Crippen LogP contribution in [0.1, 0.15) is 19.8 Å². The Labute approximate surface area is 101 Å². The number of nitrogens with one attached hydrogen (secondary N) is 1. The highest BCUT2D eigenvalue weighted by atomic mass is 19.1. The summed E-state index contributed by atoms with van der Waals surface area (Å²) in [5, 5.41) is 3.25. The highest BCUT2D eigenvalue weighted by molar-refractivity contribution is 5.48. The van der Waals surface area contributed by atoms with Gasteiger partial charge in [0.05, 0.1) is 0 Å². The first kappa shape index (κ1) is 12.3. The molecule has 1 aromatic rings. The van der Waals surface area contributed by atoms with Crippen LogP contribution in [0.5, 0.6) is 0 Å². The van der Waals surface area contributed by atoms with E-state index in [-0.39, 0.29) is 0 Å². The molecule has 2 unspecified atom stereocenters. The van der Waals surface area contributed by atoms with Crippen molar-refractivity contribution in [3.63, 3.8) is 0 Å². The number of anilines is 1. The van der Waals surface area contributed by atoms with Gasteiger partial charge in [0.2, 0.25) is 0 Å². The molecule has 0 amide bonds. The first-order chi connectivity index (χ1) is 8.10. The Hall–Kier alpha value is -1.16. The summed E-state index contributed by atoms with van der Waals surface area (Å²) in [7, 11) is 1.95. The largest absolute Gasteiger partial charge is 0.369 e. The molecule has 0 aliphatic carbocycles. The van der Waals surface area contributed by atoms with Gasteiger partial charge in [0.25, 0.3) is 0 Å². The fourth-order valence-corrected chi connectivity index (χ4v) is 2.52. The van der Waals surface area contributed by atoms with E-state index < -0.39 is 11.6 Å². The second-order valence-corrected chi connectivity index (χ2v) is 4.68. The maximum absolute atomic E-state index is 13.2. The molecule has 0 aromatic heterocycles. The molecule has 1 N–H and O–H groups in total. The standard InChI is InChI=1S/C13H18F2N2/c1-9-5-12(16-2)3-4-17(9)13-7-10(14)6-11(15)8-13/h6-9,12,16H,3-5H2,1-2H3. The summed E-state index contributed by atoms with van der Waals surface area (Å²) in [5.41, 5.74) is 0.643. The van der Waals surface area contributed by atoms with Gasteiger partial charge < -0.3 is 10.2 Å². The molecule has 1 heterocycles. The molecule has 2 rings (SSSR count). The zero-order valence-electron chi connectivity index (χ0n) is 10.2. The molecule has 1 aromatic carbocycles. The Bertz CT molecular complexity index is 375. The van der Waals surface area contributed by atoms with Crippen LogP contribution < -0.4 is 10.2 Å². The number of rotatable bonds is 2. The molecule has 1 aliphatic heterocycles. The van der Waals surface area contributed by atoms with E-state index in [0.29, 0.717) is 17.8 Å². The minimum atomic E-state index is -0.511. The summed E-state index contributed by atoms with van der Waals surface area (Å²) < 4.78 is 26.3. The van der Waals surface area contributed by atoms with E-state index in [9.17, 15) is 8.78 Å². The summed E-state index contributed by atoms with van der Waals surface area (Å²) in [6.45, 7) is 2.92. The van der Waals surface area contributed by atoms with Crippen LogP contribution in [0, 0.1) is 11.6 Å². The molecule has 1 fully saturated rings. The molecule has 4 heteroatoms. The summed E-state index contributed by atoms with van der Waals surface area (Å²) in [6.07, 6.45) is 1.99. The predicted octanol–water partition coefficient (Wildman–Crippen LogP) is 2.54. The van der Waals surface area contributed by atoms with Crippen LogP contribution in [0.25, 0.3) is 0 Å². The first-order valence-electron chi connectivity index (χ1n) is 6.00. The van der Waals surface area contributed by atoms with Crippen molar-refractivity contribution in [1.29, 1.82) is 0 Å². The fourth-order valence-electron chi connectivity index (χ4n) is 2.52. The Balaban J connectivity index is 2.17. The summed E-state index contributed by atoms with van der Waals surface area (Å²) >= 11 is 0. The lowest BCUT2D eigenvalue weighted by molar-refractivity contribution is 0.386. The highest BCUT2D eigenvalue weighted by Gasteiger charge is 2.25. The van der Waals surface area contributed by atoms with Crippen molar-refractivity contribution in [2.24, 2.45) is 0 Å². The molecule has 1 saturated heterocycles. The second-order valence-electron chi connectivity index (χ2n) is 4.68. The fraction of sp³-hybridized carbons (Fsp3) is 0.538. The van der Waals surface area contributed by atoms with Gasteiger partial charge in [-0.1, -0.05) is 0 Å². The lowest BCUT2D eigenvalue weighted by Gasteiger charge is -2.39. The SMILES string of the molecule is CNC1CCN(c2cc(F)cc(F)c2)C(C)C1. The molecular formula is C13H18F2N2. The molecule has 94 valence electrons. The van der Waals surface area contributed by atoms with Crippen molar-refractivity contribution in [2.75, 3.05) is 18.5 Å². The number of benzene rings is 1. The minimum absolute atomic E-state index is 0.294. The normalized spacial score (nSPS) is 25.1. The lowest BCUT2D eigenvalue weighted by Crippen LogP contribution is -2.46. The predicted molar refractivity (Wildman–Crippen MR) is 65.2 cm³/mol. The third kappa shape index (κ3) is 2.75. The van der Waals surface area contributed by atoms with Crippen LogP contribution in [0.4, 0.5) is 14.5 Å². The van der Waals surface area contributed by atoms with Gasteiger partial charge in [0, 0.05) is 30.4 Å². The summed E-state index contributed by atoms with van der Waals surface area (Å²) in [5.74, 6) is -1.02. The average molecular weight is 240 g/mol. The van der Waals surface area contributed by atoms with Crippen molar-refractivity contribution < 1.29 is 8.78 Å². The Morgan fingerprint density at radius 2 is 1.88 bits per heavy atom. The van der Waals surface area contributed by atoms with Gasteiger partial charge in [-0.05, 0) is 38.9 Å². The van der Waals surface area contributed by atoms with Crippen LogP contribution in [0.2, 0.25) is 0 Å². The zero-order valence-corrected chi connectivity index (χ0v) is 10.2. The molecule has 1 aliphatic rings. The number of hydrogen-bond acceptors (Lipinski definition) is 2. The van der Waals surface area contributed by atoms with E-state index in [0.717, 1.165) is 25.5 Å². The first-order valence-corrected chi connectivity index (χ1v) is 6.00. The van der Waals surface area contributed by atoms with Crippen molar-refractivity contribution in [1.82, 2.24) is 5.32 Å². The maximum atomic E-state index is 13.2. The van der Waals surface area contributed by atoms with Gasteiger partial charge in [0.1, 0.15) is 11.6 Å². The van der Waals surface area contributed by atoms with Gasteiger partial charge in [0.15, 0.2) is 0 Å². The number of hydrogen-bond donors (Lipinski definition) is 1. The Morgan fingerprint density at radius 1 is 1.24 bits per heavy atom. The Morgan fingerprint density at radius 3 is 2.41 bits per heavy atom. The van der Waals surface area contributed by atoms with E-state index in [4.69, 9.17) is 0 Å². The van der Waals surface area contributed by atoms with Gasteiger partial charge in [-0.15, -0.1) is 0 Å². The minimum Gasteiger partial charge on any atom is -0.369 e. The van der Waals surface area contributed by atoms with Gasteiger partial charge in [-0.3, -0.25) is 0 Å². The number of nitrogens with zero attached hydrogens (tertiary/aromatic N) is 1. The van der Waals surface area contributed by atoms with Crippen molar-refractivity contribution in [2.45, 2.75) is 31.8 Å². The molecule has 17 heavy (non-hydrogen) atoms. The summed E-state index contributed by atoms with van der Waals surface area (Å²) in [6, 6.07) is 4.51. The second kappa shape index (κ2) is 5.00.